The average Bonchev–Trinajstić information content (AvgIpc) is 3.85. The molecule has 4 aromatic carbocycles. The molecule has 2 aromatic heterocycles. The molecule has 1 atom stereocenters. The molecule has 75 heavy (non-hydrogen) atoms. The molecule has 2 fully saturated rings. The van der Waals surface area contributed by atoms with Crippen LogP contribution in [0.25, 0.3) is 22.4 Å². The summed E-state index contributed by atoms with van der Waals surface area (Å²) in [5.41, 5.74) is 11.2. The first-order chi connectivity index (χ1) is 36.2. The van der Waals surface area contributed by atoms with Gasteiger partial charge in [-0.2, -0.15) is 5.26 Å². The van der Waals surface area contributed by atoms with Crippen LogP contribution in [0.4, 0.5) is 5.69 Å². The van der Waals surface area contributed by atoms with Crippen molar-refractivity contribution in [2.24, 2.45) is 14.1 Å². The molecule has 10 rings (SSSR count). The Kier molecular flexibility index (Phi) is 14.8. The van der Waals surface area contributed by atoms with Crippen LogP contribution < -0.4 is 10.1 Å². The van der Waals surface area contributed by atoms with Gasteiger partial charge in [-0.25, -0.2) is 0 Å². The number of hydrogen-bond donors (Lipinski definition) is 2. The van der Waals surface area contributed by atoms with Crippen molar-refractivity contribution in [3.8, 4) is 40.0 Å². The van der Waals surface area contributed by atoms with E-state index in [0.717, 1.165) is 92.3 Å². The monoisotopic (exact) mass is 1010 g/mol. The van der Waals surface area contributed by atoms with Crippen LogP contribution in [-0.4, -0.2) is 122 Å². The van der Waals surface area contributed by atoms with Crippen LogP contribution in [0.3, 0.4) is 0 Å². The highest BCUT2D eigenvalue weighted by molar-refractivity contribution is 6.14. The topological polar surface area (TPSA) is 149 Å². The number of aromatic hydroxyl groups is 1. The number of anilines is 1. The number of aromatic nitrogens is 2. The molecular weight excluding hydrogens is 941 g/mol. The third-order valence-corrected chi connectivity index (χ3v) is 16.4. The number of carbonyl (C=O) groups is 3. The predicted molar refractivity (Wildman–Crippen MR) is 291 cm³/mol. The quantitative estimate of drug-likeness (QED) is 0.108. The van der Waals surface area contributed by atoms with Crippen molar-refractivity contribution >= 4 is 23.4 Å². The lowest BCUT2D eigenvalue weighted by molar-refractivity contribution is -0.131. The Morgan fingerprint density at radius 3 is 2.29 bits per heavy atom. The standard InChI is InChI=1S/C61H70N8O6/c1-40-52(34-48(35-62)64(40)5)57-56(59(72)63-47-16-18-50(70)19-17-47)41(2)65(6)58(57)53-32-44-22-25-67(55(71)30-42-14-20-51(21-15-42)75-29-27-68-26-28-74-39-61(68,3)4)36-46(44)33-54(53)60(73)69-37-45-13-9-8-12-43(45)31-49(69)38-66-23-10-7-11-24-66/h8-9,12-21,32-34,49,70H,7,10-11,22-31,36-39H2,1-6H3,(H,63,72)/t49-/m0/s1. The van der Waals surface area contributed by atoms with Crippen LogP contribution in [0, 0.1) is 25.2 Å². The normalized spacial score (nSPS) is 17.7. The second kappa shape index (κ2) is 21.6. The number of nitrogens with one attached hydrogen (secondary N) is 1. The summed E-state index contributed by atoms with van der Waals surface area (Å²) < 4.78 is 15.7. The molecule has 2 saturated heterocycles. The summed E-state index contributed by atoms with van der Waals surface area (Å²) in [6, 6.07) is 30.9. The molecular formula is C61H70N8O6. The minimum absolute atomic E-state index is 0.00697. The SMILES string of the molecule is Cc1c(-c2c(C(=O)Nc3ccc(O)cc3)c(C)n(C)c2-c2cc3c(cc2C(=O)N2Cc4ccccc4C[C@H]2CN2CCCCC2)CN(C(=O)Cc2ccc(OCCN4CCOCC4(C)C)cc2)CC3)cc(C#N)n1C. The van der Waals surface area contributed by atoms with Gasteiger partial charge in [0.25, 0.3) is 11.8 Å². The molecule has 6 aromatic rings. The number of nitriles is 1. The van der Waals surface area contributed by atoms with Gasteiger partial charge >= 0.3 is 0 Å². The van der Waals surface area contributed by atoms with E-state index < -0.39 is 0 Å². The summed E-state index contributed by atoms with van der Waals surface area (Å²) in [4.78, 5) is 54.0. The first-order valence-corrected chi connectivity index (χ1v) is 26.6. The third-order valence-electron chi connectivity index (χ3n) is 16.4. The van der Waals surface area contributed by atoms with Gasteiger partial charge < -0.3 is 43.7 Å². The molecule has 4 aliphatic heterocycles. The number of phenols is 1. The minimum atomic E-state index is -0.360. The number of carbonyl (C=O) groups excluding carboxylic acids is 3. The zero-order chi connectivity index (χ0) is 52.5. The summed E-state index contributed by atoms with van der Waals surface area (Å²) in [5.74, 6) is 0.390. The van der Waals surface area contributed by atoms with Crippen molar-refractivity contribution in [2.75, 3.05) is 64.4 Å². The fourth-order valence-electron chi connectivity index (χ4n) is 11.8. The van der Waals surface area contributed by atoms with Gasteiger partial charge in [-0.1, -0.05) is 42.8 Å². The number of fused-ring (bicyclic) bond motifs is 2. The molecule has 390 valence electrons. The van der Waals surface area contributed by atoms with Crippen LogP contribution >= 0.6 is 0 Å². The van der Waals surface area contributed by atoms with Gasteiger partial charge in [0.05, 0.1) is 30.9 Å². The first-order valence-electron chi connectivity index (χ1n) is 26.6. The fraction of sp³-hybridized carbons (Fsp3) is 0.410. The Labute approximate surface area is 441 Å². The Balaban J connectivity index is 1.02. The van der Waals surface area contributed by atoms with Crippen LogP contribution in [0.15, 0.2) is 91.0 Å². The van der Waals surface area contributed by atoms with E-state index in [1.165, 1.54) is 24.1 Å². The second-order valence-corrected chi connectivity index (χ2v) is 21.6. The number of phenolic OH excluding ortho intramolecular Hbond substituents is 1. The van der Waals surface area contributed by atoms with Gasteiger partial charge in [-0.05, 0) is 149 Å². The number of benzene rings is 4. The lowest BCUT2D eigenvalue weighted by Gasteiger charge is -2.41. The second-order valence-electron chi connectivity index (χ2n) is 21.6. The number of likely N-dealkylation sites (tertiary alicyclic amines) is 1. The van der Waals surface area contributed by atoms with E-state index in [1.807, 2.05) is 84.4 Å². The van der Waals surface area contributed by atoms with Crippen LogP contribution in [0.1, 0.15) is 98.7 Å². The van der Waals surface area contributed by atoms with Crippen molar-refractivity contribution in [2.45, 2.75) is 90.9 Å². The summed E-state index contributed by atoms with van der Waals surface area (Å²) in [5, 5.41) is 23.4. The van der Waals surface area contributed by atoms with E-state index in [9.17, 15) is 20.0 Å². The Morgan fingerprint density at radius 1 is 0.827 bits per heavy atom. The molecule has 4 aliphatic rings. The molecule has 6 heterocycles. The van der Waals surface area contributed by atoms with E-state index >= 15 is 4.79 Å². The Hall–Kier alpha value is -7.18. The number of nitrogens with zero attached hydrogens (tertiary/aromatic N) is 7. The van der Waals surface area contributed by atoms with E-state index in [0.29, 0.717) is 89.9 Å². The third kappa shape index (κ3) is 10.6. The molecule has 0 radical (unpaired) electrons. The smallest absolute Gasteiger partial charge is 0.258 e. The highest BCUT2D eigenvalue weighted by atomic mass is 16.5. The highest BCUT2D eigenvalue weighted by Gasteiger charge is 2.37. The van der Waals surface area contributed by atoms with Crippen molar-refractivity contribution in [3.05, 3.63) is 147 Å². The van der Waals surface area contributed by atoms with E-state index in [2.05, 4.69) is 64.2 Å². The Bertz CT molecular complexity index is 3160. The fourth-order valence-corrected chi connectivity index (χ4v) is 11.8. The number of rotatable bonds is 13. The number of ether oxygens (including phenoxy) is 2. The highest BCUT2D eigenvalue weighted by Crippen LogP contribution is 2.44. The van der Waals surface area contributed by atoms with Crippen molar-refractivity contribution < 1.29 is 29.0 Å². The van der Waals surface area contributed by atoms with Gasteiger partial charge in [0.2, 0.25) is 5.91 Å². The largest absolute Gasteiger partial charge is 0.508 e. The van der Waals surface area contributed by atoms with Gasteiger partial charge in [0, 0.05) is 104 Å². The number of piperidine rings is 1. The Morgan fingerprint density at radius 2 is 1.57 bits per heavy atom. The predicted octanol–water partition coefficient (Wildman–Crippen LogP) is 8.81. The number of hydrogen-bond acceptors (Lipinski definition) is 9. The maximum atomic E-state index is 16.1. The first kappa shape index (κ1) is 51.3. The molecule has 14 nitrogen and oxygen atoms in total. The molecule has 0 saturated carbocycles. The zero-order valence-electron chi connectivity index (χ0n) is 44.4. The van der Waals surface area contributed by atoms with Crippen molar-refractivity contribution in [1.29, 1.82) is 5.26 Å². The molecule has 0 bridgehead atoms. The van der Waals surface area contributed by atoms with Gasteiger partial charge in [-0.15, -0.1) is 0 Å². The molecule has 0 unspecified atom stereocenters. The molecule has 3 amide bonds. The lowest BCUT2D eigenvalue weighted by Crippen LogP contribution is -2.54. The number of amides is 3. The average molecular weight is 1010 g/mol. The van der Waals surface area contributed by atoms with E-state index in [1.54, 1.807) is 12.1 Å². The van der Waals surface area contributed by atoms with Crippen molar-refractivity contribution in [3.63, 3.8) is 0 Å². The minimum Gasteiger partial charge on any atom is -0.508 e. The maximum absolute atomic E-state index is 16.1. The van der Waals surface area contributed by atoms with Crippen LogP contribution in [0.5, 0.6) is 11.5 Å². The summed E-state index contributed by atoms with van der Waals surface area (Å²) in [7, 11) is 3.78. The van der Waals surface area contributed by atoms with E-state index in [-0.39, 0.29) is 41.5 Å². The van der Waals surface area contributed by atoms with Crippen molar-refractivity contribution in [1.82, 2.24) is 28.7 Å². The van der Waals surface area contributed by atoms with Gasteiger partial charge in [-0.3, -0.25) is 19.3 Å². The summed E-state index contributed by atoms with van der Waals surface area (Å²) in [6.45, 7) is 16.0. The molecule has 0 spiro atoms. The van der Waals surface area contributed by atoms with E-state index in [4.69, 9.17) is 9.47 Å². The lowest BCUT2D eigenvalue weighted by atomic mass is 9.87. The van der Waals surface area contributed by atoms with Gasteiger partial charge in [0.1, 0.15) is 29.9 Å². The summed E-state index contributed by atoms with van der Waals surface area (Å²) >= 11 is 0. The van der Waals surface area contributed by atoms with Crippen LogP contribution in [-0.2, 0) is 56.0 Å². The number of morpholine rings is 1. The maximum Gasteiger partial charge on any atom is 0.258 e. The van der Waals surface area contributed by atoms with Gasteiger partial charge in [0.15, 0.2) is 0 Å². The molecule has 0 aliphatic carbocycles. The summed E-state index contributed by atoms with van der Waals surface area (Å²) in [6.07, 6.45) is 5.03. The molecule has 14 heteroatoms. The zero-order valence-corrected chi connectivity index (χ0v) is 44.4. The molecule has 2 N–H and O–H groups in total. The van der Waals surface area contributed by atoms with Crippen LogP contribution in [0.2, 0.25) is 0 Å².